The van der Waals surface area contributed by atoms with Gasteiger partial charge in [-0.15, -0.1) is 5.10 Å². The van der Waals surface area contributed by atoms with Crippen molar-refractivity contribution >= 4 is 5.97 Å². The monoisotopic (exact) mass is 761 g/mol. The van der Waals surface area contributed by atoms with Crippen LogP contribution in [0.4, 0.5) is 0 Å². The lowest BCUT2D eigenvalue weighted by molar-refractivity contribution is -0.257. The third kappa shape index (κ3) is 5.49. The van der Waals surface area contributed by atoms with Crippen LogP contribution in [-0.2, 0) is 20.7 Å². The van der Waals surface area contributed by atoms with Crippen molar-refractivity contribution < 1.29 is 24.5 Å². The number of aromatic nitrogens is 5. The number of hydrogen-bond acceptors (Lipinski definition) is 9. The average molecular weight is 762 g/mol. The van der Waals surface area contributed by atoms with Crippen molar-refractivity contribution in [3.05, 3.63) is 57.1 Å². The number of fused-ring (bicyclic) bond motifs is 7. The van der Waals surface area contributed by atoms with Crippen molar-refractivity contribution in [2.45, 2.75) is 137 Å². The van der Waals surface area contributed by atoms with E-state index in [1.54, 1.807) is 11.8 Å². The van der Waals surface area contributed by atoms with Gasteiger partial charge in [0.1, 0.15) is 12.3 Å². The molecule has 0 amide bonds. The minimum absolute atomic E-state index is 0.00308. The Morgan fingerprint density at radius 3 is 2.51 bits per heavy atom. The van der Waals surface area contributed by atoms with Crippen molar-refractivity contribution in [1.29, 1.82) is 0 Å². The van der Waals surface area contributed by atoms with Gasteiger partial charge in [0.15, 0.2) is 0 Å². The van der Waals surface area contributed by atoms with Crippen LogP contribution in [0.2, 0.25) is 0 Å². The number of aliphatic hydroxyl groups is 2. The molecule has 0 aromatic carbocycles. The predicted octanol–water partition coefficient (Wildman–Crippen LogP) is 5.61. The van der Waals surface area contributed by atoms with Crippen LogP contribution < -0.4 is 11.2 Å². The summed E-state index contributed by atoms with van der Waals surface area (Å²) in [5.74, 6) is 1.88. The first-order valence-electron chi connectivity index (χ1n) is 20.9. The molecule has 12 heteroatoms. The molecule has 302 valence electrons. The molecule has 0 bridgehead atoms. The number of esters is 1. The van der Waals surface area contributed by atoms with Gasteiger partial charge in [-0.2, -0.15) is 0 Å². The number of nitrogens with zero attached hydrogens (tertiary/aromatic N) is 4. The molecule has 6 fully saturated rings. The number of rotatable bonds is 7. The molecule has 5 aliphatic carbocycles. The molecule has 6 aliphatic rings. The zero-order valence-corrected chi connectivity index (χ0v) is 33.9. The summed E-state index contributed by atoms with van der Waals surface area (Å²) in [6, 6.07) is 0.916. The smallest absolute Gasteiger partial charge is 0.330 e. The molecule has 3 heterocycles. The molecule has 14 atom stereocenters. The number of hydrogen-bond donors (Lipinski definition) is 3. The zero-order valence-electron chi connectivity index (χ0n) is 33.9. The van der Waals surface area contributed by atoms with E-state index >= 15 is 0 Å². The SMILES string of the molecule is C=C(C)[C@@H]1CC[C@]2(C(=O)OC)CC[C@]3(C)[C@H](CC[C@@H]4[C@@]5(C)C[C@@H](Cc6cn([C@H]7C[C@H](n8ccc(=O)[nH]c8=O)O[C@@H]7CO)nn6)[C@H](O)C(C)(C)[C@@H]5CC[C@]43C)[C@@H]12. The zero-order chi connectivity index (χ0) is 39.5. The van der Waals surface area contributed by atoms with Crippen molar-refractivity contribution in [3.8, 4) is 0 Å². The summed E-state index contributed by atoms with van der Waals surface area (Å²) >= 11 is 0. The maximum atomic E-state index is 13.7. The van der Waals surface area contributed by atoms with Gasteiger partial charge in [0.05, 0.1) is 37.0 Å². The molecule has 55 heavy (non-hydrogen) atoms. The van der Waals surface area contributed by atoms with Crippen molar-refractivity contribution in [1.82, 2.24) is 24.5 Å². The molecule has 1 saturated heterocycles. The highest BCUT2D eigenvalue weighted by Gasteiger charge is 2.72. The number of nitrogens with one attached hydrogen (secondary N) is 1. The normalized spacial score (nSPS) is 44.5. The highest BCUT2D eigenvalue weighted by atomic mass is 16.5. The third-order valence-electron chi connectivity index (χ3n) is 17.6. The Morgan fingerprint density at radius 2 is 1.82 bits per heavy atom. The van der Waals surface area contributed by atoms with Crippen LogP contribution in [0.3, 0.4) is 0 Å². The molecule has 12 nitrogen and oxygen atoms in total. The molecular weight excluding hydrogens is 699 g/mol. The van der Waals surface area contributed by atoms with E-state index in [-0.39, 0.29) is 52.1 Å². The van der Waals surface area contributed by atoms with E-state index in [2.05, 4.69) is 63.4 Å². The number of H-pyrrole nitrogens is 1. The van der Waals surface area contributed by atoms with Gasteiger partial charge in [-0.3, -0.25) is 19.1 Å². The second-order valence-electron chi connectivity index (χ2n) is 20.1. The maximum Gasteiger partial charge on any atom is 0.330 e. The summed E-state index contributed by atoms with van der Waals surface area (Å²) in [7, 11) is 1.57. The summed E-state index contributed by atoms with van der Waals surface area (Å²) in [5.41, 5.74) is 0.412. The predicted molar refractivity (Wildman–Crippen MR) is 206 cm³/mol. The number of aliphatic hydroxyl groups excluding tert-OH is 2. The number of aromatic amines is 1. The summed E-state index contributed by atoms with van der Waals surface area (Å²) in [4.78, 5) is 40.1. The van der Waals surface area contributed by atoms with Gasteiger partial charge in [0.2, 0.25) is 0 Å². The van der Waals surface area contributed by atoms with E-state index in [1.807, 2.05) is 6.20 Å². The van der Waals surface area contributed by atoms with Crippen molar-refractivity contribution in [3.63, 3.8) is 0 Å². The quantitative estimate of drug-likeness (QED) is 0.241. The van der Waals surface area contributed by atoms with Crippen molar-refractivity contribution in [2.75, 3.05) is 13.7 Å². The number of ether oxygens (including phenoxy) is 2. The fourth-order valence-corrected chi connectivity index (χ4v) is 15.1. The van der Waals surface area contributed by atoms with E-state index < -0.39 is 35.1 Å². The Morgan fingerprint density at radius 1 is 1.05 bits per heavy atom. The molecule has 2 aromatic rings. The number of methoxy groups -OCH3 is 1. The molecule has 3 N–H and O–H groups in total. The largest absolute Gasteiger partial charge is 0.469 e. The highest BCUT2D eigenvalue weighted by molar-refractivity contribution is 5.78. The van der Waals surface area contributed by atoms with Gasteiger partial charge in [0, 0.05) is 24.9 Å². The van der Waals surface area contributed by atoms with Crippen LogP contribution in [0.25, 0.3) is 0 Å². The molecule has 0 radical (unpaired) electrons. The average Bonchev–Trinajstić information content (AvgIpc) is 3.88. The lowest BCUT2D eigenvalue weighted by atomic mass is 9.31. The highest BCUT2D eigenvalue weighted by Crippen LogP contribution is 2.78. The van der Waals surface area contributed by atoms with Gasteiger partial charge >= 0.3 is 11.7 Å². The van der Waals surface area contributed by atoms with Gasteiger partial charge in [-0.1, -0.05) is 52.0 Å². The Hall–Kier alpha value is -3.09. The van der Waals surface area contributed by atoms with Crippen LogP contribution in [0.5, 0.6) is 0 Å². The van der Waals surface area contributed by atoms with Gasteiger partial charge < -0.3 is 19.7 Å². The van der Waals surface area contributed by atoms with Gasteiger partial charge in [-0.05, 0) is 128 Å². The van der Waals surface area contributed by atoms with E-state index in [0.717, 1.165) is 63.5 Å². The summed E-state index contributed by atoms with van der Waals surface area (Å²) < 4.78 is 14.7. The van der Waals surface area contributed by atoms with Gasteiger partial charge in [0.25, 0.3) is 5.56 Å². The lowest BCUT2D eigenvalue weighted by Gasteiger charge is -2.73. The molecule has 1 aliphatic heterocycles. The molecule has 0 spiro atoms. The van der Waals surface area contributed by atoms with Gasteiger partial charge in [-0.25, -0.2) is 9.48 Å². The topological polar surface area (TPSA) is 162 Å². The maximum absolute atomic E-state index is 13.7. The van der Waals surface area contributed by atoms with E-state index in [4.69, 9.17) is 9.47 Å². The second kappa shape index (κ2) is 13.2. The Bertz CT molecular complexity index is 1950. The first-order valence-corrected chi connectivity index (χ1v) is 20.9. The van der Waals surface area contributed by atoms with E-state index in [9.17, 15) is 24.6 Å². The third-order valence-corrected chi connectivity index (χ3v) is 17.6. The molecule has 0 unspecified atom stereocenters. The number of carbonyl (C=O) groups excluding carboxylic acids is 1. The first-order chi connectivity index (χ1) is 25.9. The Balaban J connectivity index is 1.06. The first kappa shape index (κ1) is 38.8. The van der Waals surface area contributed by atoms with E-state index in [0.29, 0.717) is 36.5 Å². The van der Waals surface area contributed by atoms with Crippen LogP contribution in [-0.4, -0.2) is 66.7 Å². The fraction of sp³-hybridized carbons (Fsp3) is 0.791. The van der Waals surface area contributed by atoms with Crippen LogP contribution in [0.15, 0.2) is 40.2 Å². The minimum atomic E-state index is -0.670. The fourth-order valence-electron chi connectivity index (χ4n) is 15.1. The van der Waals surface area contributed by atoms with Crippen LogP contribution >= 0.6 is 0 Å². The molecular formula is C43H63N5O7. The van der Waals surface area contributed by atoms with Crippen LogP contribution in [0, 0.1) is 62.6 Å². The standard InChI is InChI=1S/C43H63N5O7/c1-24(2)27-11-15-43(37(52)54-8)17-16-41(6)28(35(27)43)9-10-32-40(5)21-25(36(51)39(3,4)31(40)12-14-42(32,41)7)19-26-22-48(46-45-26)29-20-34(55-30(29)23-49)47-18-13-33(50)44-38(47)53/h13,18,22,25,27-32,34-36,49,51H,1,9-12,14-17,19-21,23H2,2-8H3,(H,44,50,53)/t25-,27+,28-,29+,30-,31+,32-,34-,35-,36+,40+,41-,42-,43+/m1/s1. The minimum Gasteiger partial charge on any atom is -0.469 e. The lowest BCUT2D eigenvalue weighted by Crippen LogP contribution is -2.68. The molecule has 5 saturated carbocycles. The summed E-state index contributed by atoms with van der Waals surface area (Å²) in [6.45, 7) is 18.6. The Labute approximate surface area is 324 Å². The van der Waals surface area contributed by atoms with E-state index in [1.165, 1.54) is 22.4 Å². The van der Waals surface area contributed by atoms with Crippen LogP contribution in [0.1, 0.15) is 124 Å². The van der Waals surface area contributed by atoms with Crippen molar-refractivity contribution in [2.24, 2.45) is 62.6 Å². The number of allylic oxidation sites excluding steroid dienone is 1. The number of carbonyl (C=O) groups is 1. The summed E-state index contributed by atoms with van der Waals surface area (Å²) in [5, 5.41) is 31.5. The Kier molecular flexibility index (Phi) is 9.32. The summed E-state index contributed by atoms with van der Waals surface area (Å²) in [6.07, 6.45) is 11.7. The second-order valence-corrected chi connectivity index (χ2v) is 20.1. The molecule has 2 aromatic heterocycles. The molecule has 8 rings (SSSR count).